The smallest absolute Gasteiger partial charge is 0.203 e. The molecule has 0 radical (unpaired) electrons. The van der Waals surface area contributed by atoms with E-state index in [-0.39, 0.29) is 0 Å². The molecule has 0 atom stereocenters. The predicted molar refractivity (Wildman–Crippen MR) is 110 cm³/mol. The highest BCUT2D eigenvalue weighted by atomic mass is 32.1. The molecule has 0 saturated heterocycles. The van der Waals surface area contributed by atoms with Crippen molar-refractivity contribution in [1.29, 1.82) is 0 Å². The first-order valence-electron chi connectivity index (χ1n) is 8.09. The van der Waals surface area contributed by atoms with Crippen LogP contribution in [-0.4, -0.2) is 31.3 Å². The zero-order valence-electron chi connectivity index (χ0n) is 15.0. The molecule has 0 fully saturated rings. The quantitative estimate of drug-likeness (QED) is 0.481. The first kappa shape index (κ1) is 17.6. The number of benzene rings is 1. The van der Waals surface area contributed by atoms with E-state index in [1.807, 2.05) is 18.2 Å². The highest BCUT2D eigenvalue weighted by Gasteiger charge is 2.15. The molecule has 1 aromatic carbocycles. The van der Waals surface area contributed by atoms with E-state index >= 15 is 0 Å². The monoisotopic (exact) mass is 399 g/mol. The van der Waals surface area contributed by atoms with Crippen LogP contribution < -0.4 is 19.5 Å². The molecule has 0 aliphatic rings. The molecule has 0 bridgehead atoms. The highest BCUT2D eigenvalue weighted by Crippen LogP contribution is 2.42. The number of anilines is 2. The van der Waals surface area contributed by atoms with Gasteiger partial charge in [0.2, 0.25) is 5.75 Å². The number of hydrogen-bond donors (Lipinski definition) is 1. The van der Waals surface area contributed by atoms with Crippen LogP contribution in [0.2, 0.25) is 0 Å². The van der Waals surface area contributed by atoms with Gasteiger partial charge in [0.05, 0.1) is 31.5 Å². The lowest BCUT2D eigenvalue weighted by Gasteiger charge is -2.15. The maximum absolute atomic E-state index is 5.42. The zero-order valence-corrected chi connectivity index (χ0v) is 16.6. The maximum Gasteiger partial charge on any atom is 0.203 e. The molecule has 0 unspecified atom stereocenters. The summed E-state index contributed by atoms with van der Waals surface area (Å²) in [5, 5.41) is 5.42. The molecule has 3 heterocycles. The van der Waals surface area contributed by atoms with Crippen molar-refractivity contribution in [2.24, 2.45) is 0 Å². The van der Waals surface area contributed by atoms with Crippen molar-refractivity contribution < 1.29 is 14.2 Å². The standard InChI is InChI=1S/C19H17N3O3S2/c1-23-13-7-11(8-14(24-2)17(13)25-3)22-19-18-12(20-10-21-19)9-16(27-18)15-5-4-6-26-15/h4-10H,1-3H3,(H,20,21,22). The number of fused-ring (bicyclic) bond motifs is 1. The molecular weight excluding hydrogens is 382 g/mol. The zero-order chi connectivity index (χ0) is 18.8. The largest absolute Gasteiger partial charge is 0.493 e. The van der Waals surface area contributed by atoms with E-state index in [0.717, 1.165) is 21.7 Å². The molecule has 3 aromatic heterocycles. The van der Waals surface area contributed by atoms with Crippen LogP contribution in [0.4, 0.5) is 11.5 Å². The maximum atomic E-state index is 5.42. The van der Waals surface area contributed by atoms with Gasteiger partial charge >= 0.3 is 0 Å². The Morgan fingerprint density at radius 2 is 1.70 bits per heavy atom. The molecule has 0 spiro atoms. The summed E-state index contributed by atoms with van der Waals surface area (Å²) < 4.78 is 17.2. The SMILES string of the molecule is COc1cc(Nc2ncnc3cc(-c4cccs4)sc23)cc(OC)c1OC. The summed E-state index contributed by atoms with van der Waals surface area (Å²) in [5.74, 6) is 2.45. The third kappa shape index (κ3) is 3.29. The third-order valence-corrected chi connectivity index (χ3v) is 6.20. The Labute approximate surface area is 164 Å². The number of hydrogen-bond acceptors (Lipinski definition) is 8. The van der Waals surface area contributed by atoms with Crippen LogP contribution in [0.5, 0.6) is 17.2 Å². The van der Waals surface area contributed by atoms with Gasteiger partial charge in [-0.15, -0.1) is 22.7 Å². The van der Waals surface area contributed by atoms with Crippen LogP contribution in [-0.2, 0) is 0 Å². The summed E-state index contributed by atoms with van der Waals surface area (Å²) in [5.41, 5.74) is 1.70. The second kappa shape index (κ2) is 7.42. The number of aromatic nitrogens is 2. The summed E-state index contributed by atoms with van der Waals surface area (Å²) in [6, 6.07) is 9.94. The molecule has 138 valence electrons. The first-order valence-corrected chi connectivity index (χ1v) is 9.78. The lowest BCUT2D eigenvalue weighted by atomic mass is 10.2. The summed E-state index contributed by atoms with van der Waals surface area (Å²) in [6.07, 6.45) is 1.56. The normalized spacial score (nSPS) is 10.8. The van der Waals surface area contributed by atoms with Crippen LogP contribution in [0.25, 0.3) is 20.0 Å². The molecule has 4 aromatic rings. The Kier molecular flexibility index (Phi) is 4.83. The lowest BCUT2D eigenvalue weighted by Crippen LogP contribution is -1.99. The average Bonchev–Trinajstić information content (AvgIpc) is 3.37. The Morgan fingerprint density at radius 3 is 2.33 bits per heavy atom. The molecule has 8 heteroatoms. The summed E-state index contributed by atoms with van der Waals surface area (Å²) >= 11 is 3.37. The molecule has 27 heavy (non-hydrogen) atoms. The second-order valence-corrected chi connectivity index (χ2v) is 7.56. The average molecular weight is 399 g/mol. The molecule has 0 aliphatic heterocycles. The fourth-order valence-corrected chi connectivity index (χ4v) is 4.65. The molecule has 0 amide bonds. The van der Waals surface area contributed by atoms with Crippen molar-refractivity contribution in [2.45, 2.75) is 0 Å². The van der Waals surface area contributed by atoms with Gasteiger partial charge in [-0.05, 0) is 17.5 Å². The number of nitrogens with one attached hydrogen (secondary N) is 1. The summed E-state index contributed by atoms with van der Waals surface area (Å²) in [6.45, 7) is 0. The van der Waals surface area contributed by atoms with Crippen LogP contribution in [0.15, 0.2) is 42.0 Å². The van der Waals surface area contributed by atoms with E-state index in [0.29, 0.717) is 17.2 Å². The summed E-state index contributed by atoms with van der Waals surface area (Å²) in [7, 11) is 4.77. The molecule has 1 N–H and O–H groups in total. The van der Waals surface area contributed by atoms with E-state index in [2.05, 4.69) is 32.8 Å². The number of rotatable bonds is 6. The van der Waals surface area contributed by atoms with Gasteiger partial charge in [0.1, 0.15) is 6.33 Å². The van der Waals surface area contributed by atoms with Crippen molar-refractivity contribution in [3.05, 3.63) is 42.0 Å². The highest BCUT2D eigenvalue weighted by molar-refractivity contribution is 7.26. The minimum atomic E-state index is 0.550. The van der Waals surface area contributed by atoms with Crippen molar-refractivity contribution >= 4 is 44.4 Å². The Morgan fingerprint density at radius 1 is 0.926 bits per heavy atom. The Balaban J connectivity index is 1.75. The van der Waals surface area contributed by atoms with Gasteiger partial charge in [-0.25, -0.2) is 9.97 Å². The van der Waals surface area contributed by atoms with Gasteiger partial charge in [-0.3, -0.25) is 0 Å². The number of thiophene rings is 2. The topological polar surface area (TPSA) is 65.5 Å². The van der Waals surface area contributed by atoms with Crippen molar-refractivity contribution in [2.75, 3.05) is 26.6 Å². The number of methoxy groups -OCH3 is 3. The summed E-state index contributed by atoms with van der Waals surface area (Å²) in [4.78, 5) is 11.2. The van der Waals surface area contributed by atoms with Crippen molar-refractivity contribution in [3.8, 4) is 27.0 Å². The van der Waals surface area contributed by atoms with Crippen LogP contribution in [0.3, 0.4) is 0 Å². The van der Waals surface area contributed by atoms with Gasteiger partial charge in [0.15, 0.2) is 17.3 Å². The lowest BCUT2D eigenvalue weighted by molar-refractivity contribution is 0.324. The Bertz CT molecular complexity index is 1050. The fraction of sp³-hybridized carbons (Fsp3) is 0.158. The van der Waals surface area contributed by atoms with E-state index in [4.69, 9.17) is 14.2 Å². The van der Waals surface area contributed by atoms with Crippen molar-refractivity contribution in [3.63, 3.8) is 0 Å². The van der Waals surface area contributed by atoms with E-state index < -0.39 is 0 Å². The third-order valence-electron chi connectivity index (χ3n) is 4.00. The predicted octanol–water partition coefficient (Wildman–Crippen LogP) is 5.19. The number of nitrogens with zero attached hydrogens (tertiary/aromatic N) is 2. The van der Waals surface area contributed by atoms with E-state index in [1.54, 1.807) is 50.3 Å². The first-order chi connectivity index (χ1) is 13.2. The van der Waals surface area contributed by atoms with Gasteiger partial charge in [0.25, 0.3) is 0 Å². The second-order valence-electron chi connectivity index (χ2n) is 5.56. The Hall–Kier alpha value is -2.84. The van der Waals surface area contributed by atoms with Crippen molar-refractivity contribution in [1.82, 2.24) is 9.97 Å². The fourth-order valence-electron chi connectivity index (χ4n) is 2.77. The van der Waals surface area contributed by atoms with Crippen LogP contribution >= 0.6 is 22.7 Å². The van der Waals surface area contributed by atoms with Gasteiger partial charge in [0, 0.05) is 27.6 Å². The minimum Gasteiger partial charge on any atom is -0.493 e. The van der Waals surface area contributed by atoms with Gasteiger partial charge in [-0.1, -0.05) is 6.07 Å². The minimum absolute atomic E-state index is 0.550. The van der Waals surface area contributed by atoms with E-state index in [1.165, 1.54) is 9.75 Å². The molecule has 6 nitrogen and oxygen atoms in total. The van der Waals surface area contributed by atoms with Gasteiger partial charge < -0.3 is 19.5 Å². The molecule has 4 rings (SSSR count). The van der Waals surface area contributed by atoms with Crippen LogP contribution in [0.1, 0.15) is 0 Å². The molecule has 0 saturated carbocycles. The molecule has 0 aliphatic carbocycles. The van der Waals surface area contributed by atoms with E-state index in [9.17, 15) is 0 Å². The number of ether oxygens (including phenoxy) is 3. The van der Waals surface area contributed by atoms with Crippen LogP contribution in [0, 0.1) is 0 Å². The van der Waals surface area contributed by atoms with Gasteiger partial charge in [-0.2, -0.15) is 0 Å². The molecular formula is C19H17N3O3S2.